The first-order valence-corrected chi connectivity index (χ1v) is 7.44. The first kappa shape index (κ1) is 14.0. The van der Waals surface area contributed by atoms with Crippen molar-refractivity contribution in [3.63, 3.8) is 0 Å². The van der Waals surface area contributed by atoms with Gasteiger partial charge in [-0.25, -0.2) is 9.07 Å². The third kappa shape index (κ3) is 2.50. The highest BCUT2D eigenvalue weighted by Crippen LogP contribution is 2.42. The number of nitrogen functional groups attached to an aromatic ring is 1. The van der Waals surface area contributed by atoms with Gasteiger partial charge in [-0.3, -0.25) is 0 Å². The van der Waals surface area contributed by atoms with Crippen LogP contribution in [0.5, 0.6) is 0 Å². The lowest BCUT2D eigenvalue weighted by molar-refractivity contribution is 0.310. The molecule has 3 unspecified atom stereocenters. The van der Waals surface area contributed by atoms with Crippen molar-refractivity contribution in [3.8, 4) is 11.4 Å². The van der Waals surface area contributed by atoms with E-state index in [1.807, 2.05) is 4.68 Å². The van der Waals surface area contributed by atoms with E-state index in [9.17, 15) is 4.39 Å². The SMILES string of the molecule is CCC1CCC(n2nnnc2-c2cc(N)cc(F)c2)C1C. The molecule has 0 spiro atoms. The topological polar surface area (TPSA) is 69.6 Å². The Morgan fingerprint density at radius 1 is 1.33 bits per heavy atom. The van der Waals surface area contributed by atoms with Crippen LogP contribution in [0, 0.1) is 17.7 Å². The normalized spacial score (nSPS) is 25.4. The zero-order valence-corrected chi connectivity index (χ0v) is 12.3. The zero-order chi connectivity index (χ0) is 15.0. The maximum atomic E-state index is 13.6. The predicted molar refractivity (Wildman–Crippen MR) is 78.8 cm³/mol. The molecule has 1 aliphatic carbocycles. The molecule has 1 heterocycles. The molecule has 0 radical (unpaired) electrons. The molecule has 21 heavy (non-hydrogen) atoms. The van der Waals surface area contributed by atoms with Crippen LogP contribution in [0.3, 0.4) is 0 Å². The minimum Gasteiger partial charge on any atom is -0.399 e. The summed E-state index contributed by atoms with van der Waals surface area (Å²) in [5, 5.41) is 12.0. The highest BCUT2D eigenvalue weighted by molar-refractivity contribution is 5.61. The maximum absolute atomic E-state index is 13.6. The van der Waals surface area contributed by atoms with Gasteiger partial charge in [0.2, 0.25) is 0 Å². The van der Waals surface area contributed by atoms with Gasteiger partial charge in [0.15, 0.2) is 5.82 Å². The van der Waals surface area contributed by atoms with E-state index in [0.29, 0.717) is 28.9 Å². The second-order valence-corrected chi connectivity index (χ2v) is 5.89. The molecular weight excluding hydrogens is 269 g/mol. The molecule has 3 atom stereocenters. The second-order valence-electron chi connectivity index (χ2n) is 5.89. The van der Waals surface area contributed by atoms with Gasteiger partial charge in [-0.15, -0.1) is 5.10 Å². The Hall–Kier alpha value is -1.98. The molecular formula is C15H20FN5. The quantitative estimate of drug-likeness (QED) is 0.882. The van der Waals surface area contributed by atoms with Gasteiger partial charge < -0.3 is 5.73 Å². The van der Waals surface area contributed by atoms with Crippen molar-refractivity contribution in [1.29, 1.82) is 0 Å². The number of hydrogen-bond donors (Lipinski definition) is 1. The summed E-state index contributed by atoms with van der Waals surface area (Å²) in [5.41, 5.74) is 6.73. The number of nitrogens with two attached hydrogens (primary N) is 1. The third-order valence-corrected chi connectivity index (χ3v) is 4.69. The van der Waals surface area contributed by atoms with Crippen molar-refractivity contribution in [2.75, 3.05) is 5.73 Å². The van der Waals surface area contributed by atoms with E-state index in [0.717, 1.165) is 6.42 Å². The summed E-state index contributed by atoms with van der Waals surface area (Å²) >= 11 is 0. The Bertz CT molecular complexity index is 618. The molecule has 5 nitrogen and oxygen atoms in total. The maximum Gasteiger partial charge on any atom is 0.182 e. The van der Waals surface area contributed by atoms with E-state index in [4.69, 9.17) is 5.73 Å². The number of aromatic nitrogens is 4. The smallest absolute Gasteiger partial charge is 0.182 e. The van der Waals surface area contributed by atoms with Gasteiger partial charge in [0.25, 0.3) is 0 Å². The third-order valence-electron chi connectivity index (χ3n) is 4.69. The monoisotopic (exact) mass is 289 g/mol. The Labute approximate surface area is 123 Å². The van der Waals surface area contributed by atoms with Crippen LogP contribution in [0.25, 0.3) is 11.4 Å². The highest BCUT2D eigenvalue weighted by Gasteiger charge is 2.35. The Morgan fingerprint density at radius 2 is 2.14 bits per heavy atom. The molecule has 0 amide bonds. The van der Waals surface area contributed by atoms with Crippen molar-refractivity contribution in [2.24, 2.45) is 11.8 Å². The van der Waals surface area contributed by atoms with Crippen LogP contribution in [0.2, 0.25) is 0 Å². The summed E-state index contributed by atoms with van der Waals surface area (Å²) in [6.07, 6.45) is 3.41. The first-order chi connectivity index (χ1) is 10.1. The predicted octanol–water partition coefficient (Wildman–Crippen LogP) is 3.06. The zero-order valence-electron chi connectivity index (χ0n) is 12.3. The lowest BCUT2D eigenvalue weighted by Gasteiger charge is -2.20. The standard InChI is InChI=1S/C15H20FN5/c1-3-10-4-5-14(9(10)2)21-15(18-19-20-21)11-6-12(16)8-13(17)7-11/h6-10,14H,3-5,17H2,1-2H3. The summed E-state index contributed by atoms with van der Waals surface area (Å²) in [7, 11) is 0. The minimum absolute atomic E-state index is 0.268. The molecule has 2 aromatic rings. The van der Waals surface area contributed by atoms with Gasteiger partial charge in [0.05, 0.1) is 6.04 Å². The van der Waals surface area contributed by atoms with Gasteiger partial charge in [-0.2, -0.15) is 0 Å². The van der Waals surface area contributed by atoms with E-state index in [-0.39, 0.29) is 11.9 Å². The minimum atomic E-state index is -0.370. The molecule has 1 saturated carbocycles. The molecule has 0 saturated heterocycles. The first-order valence-electron chi connectivity index (χ1n) is 7.44. The Morgan fingerprint density at radius 3 is 2.81 bits per heavy atom. The molecule has 1 aliphatic rings. The van der Waals surface area contributed by atoms with Gasteiger partial charge >= 0.3 is 0 Å². The van der Waals surface area contributed by atoms with Gasteiger partial charge in [0.1, 0.15) is 5.82 Å². The van der Waals surface area contributed by atoms with E-state index < -0.39 is 0 Å². The molecule has 6 heteroatoms. The largest absolute Gasteiger partial charge is 0.399 e. The summed E-state index contributed by atoms with van der Waals surface area (Å²) in [5.74, 6) is 1.44. The second kappa shape index (κ2) is 5.42. The fraction of sp³-hybridized carbons (Fsp3) is 0.533. The molecule has 112 valence electrons. The molecule has 1 fully saturated rings. The number of halogens is 1. The summed E-state index contributed by atoms with van der Waals surface area (Å²) in [4.78, 5) is 0. The molecule has 2 N–H and O–H groups in total. The van der Waals surface area contributed by atoms with Crippen molar-refractivity contribution < 1.29 is 4.39 Å². The van der Waals surface area contributed by atoms with Crippen LogP contribution in [0.1, 0.15) is 39.2 Å². The summed E-state index contributed by atoms with van der Waals surface area (Å²) in [6.45, 7) is 4.47. The fourth-order valence-corrected chi connectivity index (χ4v) is 3.49. The van der Waals surface area contributed by atoms with E-state index in [1.54, 1.807) is 6.07 Å². The van der Waals surface area contributed by atoms with Crippen molar-refractivity contribution in [3.05, 3.63) is 24.0 Å². The lowest BCUT2D eigenvalue weighted by atomic mass is 9.93. The van der Waals surface area contributed by atoms with Gasteiger partial charge in [-0.05, 0) is 53.3 Å². The van der Waals surface area contributed by atoms with E-state index >= 15 is 0 Å². The number of rotatable bonds is 3. The van der Waals surface area contributed by atoms with Gasteiger partial charge in [-0.1, -0.05) is 20.3 Å². The fourth-order valence-electron chi connectivity index (χ4n) is 3.49. The molecule has 0 aliphatic heterocycles. The summed E-state index contributed by atoms with van der Waals surface area (Å²) < 4.78 is 15.4. The Balaban J connectivity index is 1.98. The van der Waals surface area contributed by atoms with Crippen LogP contribution >= 0.6 is 0 Å². The summed E-state index contributed by atoms with van der Waals surface area (Å²) in [6, 6.07) is 4.70. The van der Waals surface area contributed by atoms with Gasteiger partial charge in [0, 0.05) is 11.3 Å². The van der Waals surface area contributed by atoms with Crippen molar-refractivity contribution in [1.82, 2.24) is 20.2 Å². The van der Waals surface area contributed by atoms with Crippen LogP contribution in [-0.4, -0.2) is 20.2 Å². The van der Waals surface area contributed by atoms with E-state index in [1.165, 1.54) is 25.0 Å². The molecule has 1 aromatic heterocycles. The number of anilines is 1. The van der Waals surface area contributed by atoms with Crippen molar-refractivity contribution in [2.45, 2.75) is 39.2 Å². The van der Waals surface area contributed by atoms with Crippen LogP contribution in [0.4, 0.5) is 10.1 Å². The average Bonchev–Trinajstić information content (AvgIpc) is 3.03. The number of benzene rings is 1. The Kier molecular flexibility index (Phi) is 3.61. The molecule has 3 rings (SSSR count). The lowest BCUT2D eigenvalue weighted by Crippen LogP contribution is -2.18. The van der Waals surface area contributed by atoms with Crippen molar-refractivity contribution >= 4 is 5.69 Å². The highest BCUT2D eigenvalue weighted by atomic mass is 19.1. The van der Waals surface area contributed by atoms with E-state index in [2.05, 4.69) is 29.4 Å². The number of tetrazole rings is 1. The number of hydrogen-bond acceptors (Lipinski definition) is 4. The van der Waals surface area contributed by atoms with Crippen LogP contribution < -0.4 is 5.73 Å². The van der Waals surface area contributed by atoms with Crippen LogP contribution in [0.15, 0.2) is 18.2 Å². The van der Waals surface area contributed by atoms with Crippen LogP contribution in [-0.2, 0) is 0 Å². The molecule has 1 aromatic carbocycles. The number of nitrogens with zero attached hydrogens (tertiary/aromatic N) is 4. The molecule has 0 bridgehead atoms. The average molecular weight is 289 g/mol.